The van der Waals surface area contributed by atoms with Crippen molar-refractivity contribution >= 4 is 85.3 Å². The van der Waals surface area contributed by atoms with Crippen LogP contribution in [0.25, 0.3) is 0 Å². The van der Waals surface area contributed by atoms with E-state index < -0.39 is 28.4 Å². The lowest BCUT2D eigenvalue weighted by Gasteiger charge is -2.25. The number of halogens is 4. The second kappa shape index (κ2) is 14.2. The van der Waals surface area contributed by atoms with Gasteiger partial charge in [0.05, 0.1) is 17.7 Å². The third-order valence-corrected chi connectivity index (χ3v) is 8.36. The van der Waals surface area contributed by atoms with Gasteiger partial charge in [-0.15, -0.1) is 0 Å². The summed E-state index contributed by atoms with van der Waals surface area (Å²) in [6.45, 7) is -0.962. The minimum absolute atomic E-state index is 0.137. The molecule has 2 amide bonds. The number of nitrogens with one attached hydrogen (secondary N) is 2. The zero-order valence-electron chi connectivity index (χ0n) is 22.3. The zero-order valence-corrected chi connectivity index (χ0v) is 26.2. The van der Waals surface area contributed by atoms with E-state index in [-0.39, 0.29) is 28.7 Å². The minimum Gasteiger partial charge on any atom is -0.495 e. The van der Waals surface area contributed by atoms with Gasteiger partial charge in [0.15, 0.2) is 6.61 Å². The maximum absolute atomic E-state index is 13.9. The fourth-order valence-electron chi connectivity index (χ4n) is 3.90. The molecule has 0 aliphatic carbocycles. The minimum atomic E-state index is -4.31. The molecule has 0 bridgehead atoms. The van der Waals surface area contributed by atoms with Crippen molar-refractivity contribution in [3.63, 3.8) is 0 Å². The van der Waals surface area contributed by atoms with Crippen molar-refractivity contribution in [2.24, 2.45) is 0 Å². The number of hydrogen-bond acceptors (Lipinski definition) is 6. The van der Waals surface area contributed by atoms with E-state index in [4.69, 9.17) is 55.9 Å². The van der Waals surface area contributed by atoms with Crippen molar-refractivity contribution in [3.05, 3.63) is 105 Å². The molecule has 4 aromatic rings. The van der Waals surface area contributed by atoms with Gasteiger partial charge < -0.3 is 20.1 Å². The first-order valence-electron chi connectivity index (χ1n) is 12.3. The lowest BCUT2D eigenvalue weighted by atomic mass is 10.3. The average molecular weight is 683 g/mol. The first kappa shape index (κ1) is 32.2. The monoisotopic (exact) mass is 681 g/mol. The topological polar surface area (TPSA) is 114 Å². The van der Waals surface area contributed by atoms with Gasteiger partial charge in [0.25, 0.3) is 15.9 Å². The molecule has 0 unspecified atom stereocenters. The number of carbonyl (C=O) groups is 2. The number of hydrogen-bond donors (Lipinski definition) is 2. The van der Waals surface area contributed by atoms with E-state index in [9.17, 15) is 18.0 Å². The Morgan fingerprint density at radius 2 is 1.26 bits per heavy atom. The molecule has 0 saturated heterocycles. The number of sulfonamides is 1. The molecular formula is C29H23Cl4N3O6S. The van der Waals surface area contributed by atoms with Crippen LogP contribution in [-0.4, -0.2) is 40.5 Å². The van der Waals surface area contributed by atoms with E-state index in [0.717, 1.165) is 4.31 Å². The molecule has 0 aromatic heterocycles. The van der Waals surface area contributed by atoms with Gasteiger partial charge >= 0.3 is 0 Å². The zero-order chi connectivity index (χ0) is 31.1. The van der Waals surface area contributed by atoms with Crippen molar-refractivity contribution in [3.8, 4) is 11.5 Å². The molecule has 0 radical (unpaired) electrons. The van der Waals surface area contributed by atoms with Crippen LogP contribution in [0, 0.1) is 0 Å². The predicted molar refractivity (Wildman–Crippen MR) is 170 cm³/mol. The van der Waals surface area contributed by atoms with Crippen LogP contribution in [0.3, 0.4) is 0 Å². The van der Waals surface area contributed by atoms with Gasteiger partial charge in [-0.25, -0.2) is 8.42 Å². The first-order valence-corrected chi connectivity index (χ1v) is 15.3. The number of carbonyl (C=O) groups excluding carboxylic acids is 2. The van der Waals surface area contributed by atoms with Crippen molar-refractivity contribution in [2.75, 3.05) is 35.2 Å². The Bertz CT molecular complexity index is 1710. The van der Waals surface area contributed by atoms with Crippen LogP contribution in [-0.2, 0) is 19.6 Å². The lowest BCUT2D eigenvalue weighted by Crippen LogP contribution is -2.38. The molecule has 0 aliphatic heterocycles. The standard InChI is InChI=1S/C29H23Cl4N3O6S/c1-41-27-5-3-2-4-26(27)36(16-28(37)34-22-12-18(30)10-19(31)13-22)43(39,40)25-8-6-24(7-9-25)42-17-29(38)35-23-14-20(32)11-21(33)15-23/h2-15H,16-17H2,1H3,(H,34,37)(H,35,38). The molecule has 4 aromatic carbocycles. The summed E-state index contributed by atoms with van der Waals surface area (Å²) >= 11 is 24.0. The van der Waals surface area contributed by atoms with Gasteiger partial charge in [-0.1, -0.05) is 58.5 Å². The highest BCUT2D eigenvalue weighted by molar-refractivity contribution is 7.92. The number of rotatable bonds is 11. The highest BCUT2D eigenvalue weighted by Gasteiger charge is 2.29. The molecule has 14 heteroatoms. The summed E-state index contributed by atoms with van der Waals surface area (Å²) in [5.74, 6) is -0.668. The van der Waals surface area contributed by atoms with Crippen molar-refractivity contribution in [1.82, 2.24) is 0 Å². The number of anilines is 3. The molecule has 0 fully saturated rings. The fraction of sp³-hybridized carbons (Fsp3) is 0.103. The lowest BCUT2D eigenvalue weighted by molar-refractivity contribution is -0.118. The first-order chi connectivity index (χ1) is 20.4. The summed E-state index contributed by atoms with van der Waals surface area (Å²) in [5.41, 5.74) is 0.831. The maximum atomic E-state index is 13.9. The van der Waals surface area contributed by atoms with E-state index >= 15 is 0 Å². The normalized spacial score (nSPS) is 11.0. The summed E-state index contributed by atoms with van der Waals surface area (Å²) in [4.78, 5) is 25.2. The molecule has 2 N–H and O–H groups in total. The molecule has 0 heterocycles. The smallest absolute Gasteiger partial charge is 0.264 e. The Morgan fingerprint density at radius 1 is 0.744 bits per heavy atom. The Kier molecular flexibility index (Phi) is 10.6. The van der Waals surface area contributed by atoms with Crippen molar-refractivity contribution in [1.29, 1.82) is 0 Å². The molecule has 43 heavy (non-hydrogen) atoms. The second-order valence-corrected chi connectivity index (χ2v) is 12.5. The highest BCUT2D eigenvalue weighted by atomic mass is 35.5. The van der Waals surface area contributed by atoms with E-state index in [1.165, 1.54) is 73.8 Å². The van der Waals surface area contributed by atoms with Gasteiger partial charge in [-0.3, -0.25) is 13.9 Å². The number of methoxy groups -OCH3 is 1. The molecule has 0 aliphatic rings. The number of amides is 2. The largest absolute Gasteiger partial charge is 0.495 e. The summed E-state index contributed by atoms with van der Waals surface area (Å²) in [6.07, 6.45) is 0. The SMILES string of the molecule is COc1ccccc1N(CC(=O)Nc1cc(Cl)cc(Cl)c1)S(=O)(=O)c1ccc(OCC(=O)Nc2cc(Cl)cc(Cl)c2)cc1. The third-order valence-electron chi connectivity index (χ3n) is 5.72. The van der Waals surface area contributed by atoms with Gasteiger partial charge in [0.1, 0.15) is 18.0 Å². The van der Waals surface area contributed by atoms with E-state index in [2.05, 4.69) is 10.6 Å². The van der Waals surface area contributed by atoms with Crippen molar-refractivity contribution in [2.45, 2.75) is 4.90 Å². The summed E-state index contributed by atoms with van der Waals surface area (Å²) in [6, 6.07) is 20.8. The Labute approximate surface area is 268 Å². The van der Waals surface area contributed by atoms with E-state index in [1.54, 1.807) is 18.2 Å². The van der Waals surface area contributed by atoms with Gasteiger partial charge in [0.2, 0.25) is 5.91 Å². The Hall–Kier alpha value is -3.67. The second-order valence-electron chi connectivity index (χ2n) is 8.86. The number of nitrogens with zero attached hydrogens (tertiary/aromatic N) is 1. The van der Waals surface area contributed by atoms with Crippen LogP contribution in [0.1, 0.15) is 0 Å². The Morgan fingerprint density at radius 3 is 1.79 bits per heavy atom. The van der Waals surface area contributed by atoms with Crippen LogP contribution >= 0.6 is 46.4 Å². The van der Waals surface area contributed by atoms with Gasteiger partial charge in [-0.2, -0.15) is 0 Å². The van der Waals surface area contributed by atoms with Crippen LogP contribution in [0.2, 0.25) is 20.1 Å². The van der Waals surface area contributed by atoms with Crippen LogP contribution in [0.5, 0.6) is 11.5 Å². The number of para-hydroxylation sites is 2. The molecule has 0 spiro atoms. The van der Waals surface area contributed by atoms with Gasteiger partial charge in [0, 0.05) is 31.5 Å². The fourth-order valence-corrected chi connectivity index (χ4v) is 6.38. The molecule has 224 valence electrons. The maximum Gasteiger partial charge on any atom is 0.264 e. The summed E-state index contributed by atoms with van der Waals surface area (Å²) in [5, 5.41) is 6.54. The molecular weight excluding hydrogens is 660 g/mol. The van der Waals surface area contributed by atoms with Crippen LogP contribution < -0.4 is 24.4 Å². The van der Waals surface area contributed by atoms with E-state index in [1.807, 2.05) is 0 Å². The van der Waals surface area contributed by atoms with Crippen LogP contribution in [0.4, 0.5) is 17.1 Å². The highest BCUT2D eigenvalue weighted by Crippen LogP contribution is 2.33. The summed E-state index contributed by atoms with van der Waals surface area (Å²) in [7, 11) is -2.92. The van der Waals surface area contributed by atoms with Gasteiger partial charge in [-0.05, 0) is 72.8 Å². The third kappa shape index (κ3) is 8.68. The summed E-state index contributed by atoms with van der Waals surface area (Å²) < 4.78 is 39.5. The number of ether oxygens (including phenoxy) is 2. The van der Waals surface area contributed by atoms with Crippen molar-refractivity contribution < 1.29 is 27.5 Å². The molecule has 4 rings (SSSR count). The quantitative estimate of drug-likeness (QED) is 0.174. The predicted octanol–water partition coefficient (Wildman–Crippen LogP) is 7.16. The van der Waals surface area contributed by atoms with Crippen LogP contribution in [0.15, 0.2) is 89.8 Å². The average Bonchev–Trinajstić information content (AvgIpc) is 2.94. The number of benzene rings is 4. The molecule has 0 atom stereocenters. The molecule has 0 saturated carbocycles. The Balaban J connectivity index is 1.52. The van der Waals surface area contributed by atoms with E-state index in [0.29, 0.717) is 31.5 Å². The molecule has 9 nitrogen and oxygen atoms in total.